The first kappa shape index (κ1) is 20.0. The zero-order valence-corrected chi connectivity index (χ0v) is 16.5. The fourth-order valence-corrected chi connectivity index (χ4v) is 4.49. The van der Waals surface area contributed by atoms with Gasteiger partial charge in [-0.2, -0.15) is 18.3 Å². The summed E-state index contributed by atoms with van der Waals surface area (Å²) < 4.78 is 47.0. The van der Waals surface area contributed by atoms with E-state index in [2.05, 4.69) is 10.3 Å². The largest absolute Gasteiger partial charge is 0.435 e. The van der Waals surface area contributed by atoms with Gasteiger partial charge in [0, 0.05) is 23.9 Å². The number of aromatic nitrogens is 3. The number of hydrogen-bond donors (Lipinski definition) is 0. The van der Waals surface area contributed by atoms with Gasteiger partial charge in [-0.1, -0.05) is 18.0 Å². The van der Waals surface area contributed by atoms with E-state index < -0.39 is 11.9 Å². The summed E-state index contributed by atoms with van der Waals surface area (Å²) in [5.41, 5.74) is 0.722. The van der Waals surface area contributed by atoms with Crippen LogP contribution in [0.1, 0.15) is 73.0 Å². The lowest BCUT2D eigenvalue weighted by atomic mass is 9.95. The molecule has 4 rings (SSSR count). The molecule has 2 aromatic rings. The molecular weight excluding hydrogens is 385 g/mol. The Morgan fingerprint density at radius 1 is 1.21 bits per heavy atom. The van der Waals surface area contributed by atoms with Crippen LogP contribution in [0.3, 0.4) is 0 Å². The van der Waals surface area contributed by atoms with Gasteiger partial charge >= 0.3 is 6.18 Å². The van der Waals surface area contributed by atoms with E-state index in [9.17, 15) is 18.0 Å². The second-order valence-corrected chi connectivity index (χ2v) is 7.96. The van der Waals surface area contributed by atoms with E-state index in [0.29, 0.717) is 30.8 Å². The Morgan fingerprint density at radius 2 is 2.00 bits per heavy atom. The van der Waals surface area contributed by atoms with Crippen LogP contribution in [0.2, 0.25) is 0 Å². The molecule has 158 valence electrons. The number of amides is 1. The third-order valence-corrected chi connectivity index (χ3v) is 5.86. The predicted octanol–water partition coefficient (Wildman–Crippen LogP) is 4.22. The van der Waals surface area contributed by atoms with Crippen molar-refractivity contribution in [2.24, 2.45) is 0 Å². The molecule has 0 aromatic carbocycles. The first-order valence-corrected chi connectivity index (χ1v) is 10.2. The van der Waals surface area contributed by atoms with E-state index in [-0.39, 0.29) is 24.1 Å². The van der Waals surface area contributed by atoms with E-state index >= 15 is 0 Å². The second kappa shape index (κ2) is 7.84. The molecule has 1 aliphatic heterocycles. The highest BCUT2D eigenvalue weighted by atomic mass is 19.4. The molecular formula is C20H25F3N4O2. The highest BCUT2D eigenvalue weighted by Crippen LogP contribution is 2.36. The van der Waals surface area contributed by atoms with Crippen molar-refractivity contribution in [1.82, 2.24) is 19.8 Å². The zero-order valence-electron chi connectivity index (χ0n) is 16.5. The highest BCUT2D eigenvalue weighted by Gasteiger charge is 2.40. The molecule has 0 saturated carbocycles. The van der Waals surface area contributed by atoms with Gasteiger partial charge in [0.25, 0.3) is 0 Å². The number of carbonyl (C=O) groups excluding carboxylic acids is 1. The summed E-state index contributed by atoms with van der Waals surface area (Å²) in [7, 11) is 0. The molecule has 0 bridgehead atoms. The summed E-state index contributed by atoms with van der Waals surface area (Å²) in [5.74, 6) is 0.409. The van der Waals surface area contributed by atoms with Crippen molar-refractivity contribution in [1.29, 1.82) is 0 Å². The number of nitrogens with zero attached hydrogens (tertiary/aromatic N) is 4. The summed E-state index contributed by atoms with van der Waals surface area (Å²) in [6.45, 7) is 2.20. The van der Waals surface area contributed by atoms with Crippen molar-refractivity contribution in [3.8, 4) is 0 Å². The Kier molecular flexibility index (Phi) is 5.40. The predicted molar refractivity (Wildman–Crippen MR) is 98.0 cm³/mol. The number of hydrogen-bond acceptors (Lipinski definition) is 4. The van der Waals surface area contributed by atoms with Gasteiger partial charge in [0.15, 0.2) is 11.5 Å². The molecule has 1 saturated heterocycles. The Bertz CT molecular complexity index is 887. The van der Waals surface area contributed by atoms with Crippen molar-refractivity contribution < 1.29 is 22.5 Å². The summed E-state index contributed by atoms with van der Waals surface area (Å²) in [4.78, 5) is 14.9. The maximum atomic E-state index is 13.4. The van der Waals surface area contributed by atoms with E-state index in [1.807, 2.05) is 13.0 Å². The summed E-state index contributed by atoms with van der Waals surface area (Å²) in [5, 5.41) is 7.76. The van der Waals surface area contributed by atoms with E-state index in [1.165, 1.54) is 4.68 Å². The van der Waals surface area contributed by atoms with Crippen LogP contribution < -0.4 is 0 Å². The summed E-state index contributed by atoms with van der Waals surface area (Å²) >= 11 is 0. The van der Waals surface area contributed by atoms with Crippen LogP contribution in [0, 0.1) is 6.92 Å². The minimum atomic E-state index is -4.50. The van der Waals surface area contributed by atoms with Crippen LogP contribution in [0.4, 0.5) is 13.2 Å². The molecule has 0 radical (unpaired) electrons. The maximum Gasteiger partial charge on any atom is 0.435 e. The molecule has 1 atom stereocenters. The van der Waals surface area contributed by atoms with Gasteiger partial charge in [-0.05, 0) is 45.4 Å². The van der Waals surface area contributed by atoms with E-state index in [1.54, 1.807) is 4.90 Å². The first-order chi connectivity index (χ1) is 13.8. The van der Waals surface area contributed by atoms with E-state index in [4.69, 9.17) is 4.52 Å². The van der Waals surface area contributed by atoms with Gasteiger partial charge in [-0.25, -0.2) is 0 Å². The second-order valence-electron chi connectivity index (χ2n) is 7.96. The Morgan fingerprint density at radius 3 is 2.72 bits per heavy atom. The topological polar surface area (TPSA) is 64.2 Å². The van der Waals surface area contributed by atoms with Gasteiger partial charge in [0.05, 0.1) is 11.7 Å². The molecule has 1 aliphatic carbocycles. The van der Waals surface area contributed by atoms with Crippen molar-refractivity contribution in [3.63, 3.8) is 0 Å². The zero-order chi connectivity index (χ0) is 20.6. The number of halogens is 3. The normalized spacial score (nSPS) is 20.4. The average molecular weight is 410 g/mol. The molecule has 3 heterocycles. The van der Waals surface area contributed by atoms with Gasteiger partial charge in [-0.15, -0.1) is 0 Å². The molecule has 1 unspecified atom stereocenters. The molecule has 9 heteroatoms. The molecule has 6 nitrogen and oxygen atoms in total. The van der Waals surface area contributed by atoms with Crippen LogP contribution in [0.25, 0.3) is 0 Å². The van der Waals surface area contributed by atoms with Gasteiger partial charge < -0.3 is 9.42 Å². The number of likely N-dealkylation sites (tertiary alicyclic amines) is 1. The lowest BCUT2D eigenvalue weighted by Crippen LogP contribution is -2.37. The van der Waals surface area contributed by atoms with Gasteiger partial charge in [-0.3, -0.25) is 9.48 Å². The first-order valence-electron chi connectivity index (χ1n) is 10.2. The molecule has 0 N–H and O–H groups in total. The minimum Gasteiger partial charge on any atom is -0.359 e. The number of fused-ring (bicyclic) bond motifs is 1. The van der Waals surface area contributed by atoms with Crippen LogP contribution >= 0.6 is 0 Å². The van der Waals surface area contributed by atoms with Crippen LogP contribution in [-0.2, 0) is 30.4 Å². The molecule has 1 amide bonds. The molecule has 0 spiro atoms. The Labute approximate surface area is 167 Å². The standard InChI is InChI=1S/C20H25F3N4O2/c1-13-11-17(29-25-13)16-9-3-2-6-10-26(16)18(28)12-27-15-8-5-4-7-14(15)19(24-27)20(21,22)23/h11,16H,2-10,12H2,1H3. The molecule has 1 fully saturated rings. The number of alkyl halides is 3. The van der Waals surface area contributed by atoms with Crippen molar-refractivity contribution in [3.05, 3.63) is 34.5 Å². The van der Waals surface area contributed by atoms with Crippen LogP contribution in [-0.4, -0.2) is 32.3 Å². The number of rotatable bonds is 3. The van der Waals surface area contributed by atoms with Gasteiger partial charge in [0.1, 0.15) is 6.54 Å². The Hall–Kier alpha value is -2.32. The minimum absolute atomic E-state index is 0.179. The molecule has 2 aromatic heterocycles. The van der Waals surface area contributed by atoms with Crippen molar-refractivity contribution in [2.45, 2.75) is 77.1 Å². The van der Waals surface area contributed by atoms with Crippen molar-refractivity contribution in [2.75, 3.05) is 6.54 Å². The van der Waals surface area contributed by atoms with Gasteiger partial charge in [0.2, 0.25) is 5.91 Å². The molecule has 2 aliphatic rings. The van der Waals surface area contributed by atoms with Crippen LogP contribution in [0.15, 0.2) is 10.6 Å². The molecule has 29 heavy (non-hydrogen) atoms. The SMILES string of the molecule is Cc1cc(C2CCCCCN2C(=O)Cn2nc(C(F)(F)F)c3c2CCCC3)on1. The third kappa shape index (κ3) is 4.04. The average Bonchev–Trinajstić information content (AvgIpc) is 3.17. The van der Waals surface area contributed by atoms with E-state index in [0.717, 1.165) is 44.2 Å². The fraction of sp³-hybridized carbons (Fsp3) is 0.650. The fourth-order valence-electron chi connectivity index (χ4n) is 4.49. The quantitative estimate of drug-likeness (QED) is 0.760. The van der Waals surface area contributed by atoms with Crippen molar-refractivity contribution >= 4 is 5.91 Å². The third-order valence-electron chi connectivity index (χ3n) is 5.86. The Balaban J connectivity index is 1.61. The summed E-state index contributed by atoms with van der Waals surface area (Å²) in [6.07, 6.45) is 1.50. The highest BCUT2D eigenvalue weighted by molar-refractivity contribution is 5.76. The number of carbonyl (C=O) groups is 1. The smallest absolute Gasteiger partial charge is 0.359 e. The van der Waals surface area contributed by atoms with Crippen LogP contribution in [0.5, 0.6) is 0 Å². The number of aryl methyl sites for hydroxylation is 1. The maximum absolute atomic E-state index is 13.4. The lowest BCUT2D eigenvalue weighted by Gasteiger charge is -2.28. The lowest BCUT2D eigenvalue weighted by molar-refractivity contribution is -0.143. The summed E-state index contributed by atoms with van der Waals surface area (Å²) in [6, 6.07) is 1.59. The monoisotopic (exact) mass is 410 g/mol.